The van der Waals surface area contributed by atoms with E-state index in [9.17, 15) is 9.59 Å². The molecule has 0 aliphatic carbocycles. The first-order chi connectivity index (χ1) is 7.41. The molecule has 3 N–H and O–H groups in total. The van der Waals surface area contributed by atoms with E-state index in [1.807, 2.05) is 13.8 Å². The van der Waals surface area contributed by atoms with Crippen molar-refractivity contribution < 1.29 is 9.59 Å². The average Bonchev–Trinajstić information content (AvgIpc) is 2.59. The van der Waals surface area contributed by atoms with Gasteiger partial charge in [0.05, 0.1) is 4.88 Å². The number of hydrogen-bond donors (Lipinski definition) is 3. The predicted molar refractivity (Wildman–Crippen MR) is 66.9 cm³/mol. The zero-order chi connectivity index (χ0) is 12.3. The maximum Gasteiger partial charge on any atom is 0.262 e. The van der Waals surface area contributed by atoms with E-state index in [0.717, 1.165) is 4.90 Å². The second-order valence-electron chi connectivity index (χ2n) is 3.77. The van der Waals surface area contributed by atoms with Crippen molar-refractivity contribution in [1.82, 2.24) is 5.32 Å². The van der Waals surface area contributed by atoms with Gasteiger partial charge in [0.2, 0.25) is 5.91 Å². The fourth-order valence-electron chi connectivity index (χ4n) is 1.22. The Morgan fingerprint density at radius 2 is 2.12 bits per heavy atom. The summed E-state index contributed by atoms with van der Waals surface area (Å²) in [7, 11) is 0. The summed E-state index contributed by atoms with van der Waals surface area (Å²) in [6.45, 7) is 3.66. The predicted octanol–water partition coefficient (Wildman–Crippen LogP) is 1.28. The van der Waals surface area contributed by atoms with Crippen LogP contribution in [0.1, 0.15) is 23.5 Å². The molecule has 4 nitrogen and oxygen atoms in total. The van der Waals surface area contributed by atoms with Crippen LogP contribution in [0.3, 0.4) is 0 Å². The number of hydrogen-bond acceptors (Lipinski definition) is 4. The molecule has 0 saturated carbocycles. The minimum absolute atomic E-state index is 0.0307. The van der Waals surface area contributed by atoms with E-state index >= 15 is 0 Å². The standard InChI is InChI=1S/C10H14N2O2S2/c1-5(2)8(9(11)13)12-10(14)7-3-6(15)4-16-7/h3-5,8,15H,1-2H3,(H2,11,13)(H,12,14). The Morgan fingerprint density at radius 3 is 2.50 bits per heavy atom. The van der Waals surface area contributed by atoms with Gasteiger partial charge in [-0.15, -0.1) is 24.0 Å². The number of nitrogens with one attached hydrogen (secondary N) is 1. The first-order valence-corrected chi connectivity index (χ1v) is 6.12. The Kier molecular flexibility index (Phi) is 4.37. The highest BCUT2D eigenvalue weighted by molar-refractivity contribution is 7.80. The number of rotatable bonds is 4. The van der Waals surface area contributed by atoms with Crippen LogP contribution in [0.5, 0.6) is 0 Å². The van der Waals surface area contributed by atoms with Crippen molar-refractivity contribution in [1.29, 1.82) is 0 Å². The number of nitrogens with two attached hydrogens (primary N) is 1. The van der Waals surface area contributed by atoms with Crippen LogP contribution in [0.2, 0.25) is 0 Å². The third-order valence-corrected chi connectivity index (χ3v) is 3.43. The van der Waals surface area contributed by atoms with Crippen molar-refractivity contribution in [2.75, 3.05) is 0 Å². The molecule has 0 aromatic carbocycles. The number of thiol groups is 1. The fraction of sp³-hybridized carbons (Fsp3) is 0.400. The van der Waals surface area contributed by atoms with Gasteiger partial charge in [-0.2, -0.15) is 0 Å². The quantitative estimate of drug-likeness (QED) is 0.712. The maximum atomic E-state index is 11.7. The number of amides is 2. The lowest BCUT2D eigenvalue weighted by Crippen LogP contribution is -2.47. The first kappa shape index (κ1) is 13.1. The van der Waals surface area contributed by atoms with Gasteiger partial charge in [-0.25, -0.2) is 0 Å². The van der Waals surface area contributed by atoms with Crippen molar-refractivity contribution in [3.05, 3.63) is 16.3 Å². The molecule has 1 aromatic heterocycles. The number of thiophene rings is 1. The van der Waals surface area contributed by atoms with Crippen molar-refractivity contribution >= 4 is 35.8 Å². The van der Waals surface area contributed by atoms with E-state index < -0.39 is 11.9 Å². The van der Waals surface area contributed by atoms with E-state index in [1.54, 1.807) is 11.4 Å². The second-order valence-corrected chi connectivity index (χ2v) is 5.19. The molecule has 1 heterocycles. The van der Waals surface area contributed by atoms with Gasteiger partial charge in [-0.05, 0) is 12.0 Å². The van der Waals surface area contributed by atoms with Crippen LogP contribution >= 0.6 is 24.0 Å². The van der Waals surface area contributed by atoms with E-state index in [2.05, 4.69) is 17.9 Å². The summed E-state index contributed by atoms with van der Waals surface area (Å²) < 4.78 is 0. The Hall–Kier alpha value is -1.01. The molecule has 0 aliphatic rings. The van der Waals surface area contributed by atoms with Crippen LogP contribution in [0.15, 0.2) is 16.3 Å². The molecule has 0 fully saturated rings. The summed E-state index contributed by atoms with van der Waals surface area (Å²) in [6, 6.07) is 1.01. The SMILES string of the molecule is CC(C)C(NC(=O)c1cc(S)cs1)C(N)=O. The number of carbonyl (C=O) groups is 2. The lowest BCUT2D eigenvalue weighted by molar-refractivity contribution is -0.120. The zero-order valence-electron chi connectivity index (χ0n) is 9.06. The largest absolute Gasteiger partial charge is 0.368 e. The minimum Gasteiger partial charge on any atom is -0.368 e. The molecule has 0 aliphatic heterocycles. The normalized spacial score (nSPS) is 12.5. The van der Waals surface area contributed by atoms with Gasteiger partial charge >= 0.3 is 0 Å². The van der Waals surface area contributed by atoms with Crippen molar-refractivity contribution in [3.63, 3.8) is 0 Å². The highest BCUT2D eigenvalue weighted by Crippen LogP contribution is 2.17. The Labute approximate surface area is 104 Å². The average molecular weight is 258 g/mol. The summed E-state index contributed by atoms with van der Waals surface area (Å²) >= 11 is 5.39. The van der Waals surface area contributed by atoms with E-state index in [-0.39, 0.29) is 11.8 Å². The highest BCUT2D eigenvalue weighted by atomic mass is 32.1. The van der Waals surface area contributed by atoms with Gasteiger partial charge in [0.25, 0.3) is 5.91 Å². The fourth-order valence-corrected chi connectivity index (χ4v) is 2.28. The smallest absolute Gasteiger partial charge is 0.262 e. The summed E-state index contributed by atoms with van der Waals surface area (Å²) in [5, 5.41) is 4.37. The molecule has 0 bridgehead atoms. The third kappa shape index (κ3) is 3.24. The molecule has 0 saturated heterocycles. The lowest BCUT2D eigenvalue weighted by atomic mass is 10.0. The zero-order valence-corrected chi connectivity index (χ0v) is 10.8. The molecule has 2 amide bonds. The van der Waals surface area contributed by atoms with Crippen molar-refractivity contribution in [3.8, 4) is 0 Å². The van der Waals surface area contributed by atoms with Crippen LogP contribution in [-0.4, -0.2) is 17.9 Å². The van der Waals surface area contributed by atoms with Gasteiger partial charge < -0.3 is 11.1 Å². The Balaban J connectivity index is 2.73. The molecule has 88 valence electrons. The van der Waals surface area contributed by atoms with E-state index in [0.29, 0.717) is 4.88 Å². The highest BCUT2D eigenvalue weighted by Gasteiger charge is 2.22. The second kappa shape index (κ2) is 5.36. The van der Waals surface area contributed by atoms with Crippen LogP contribution in [-0.2, 0) is 4.79 Å². The van der Waals surface area contributed by atoms with E-state index in [1.165, 1.54) is 11.3 Å². The molecular weight excluding hydrogens is 244 g/mol. The third-order valence-electron chi connectivity index (χ3n) is 2.07. The topological polar surface area (TPSA) is 72.2 Å². The van der Waals surface area contributed by atoms with Crippen LogP contribution in [0.25, 0.3) is 0 Å². The molecule has 1 aromatic rings. The molecule has 6 heteroatoms. The molecule has 1 unspecified atom stereocenters. The van der Waals surface area contributed by atoms with Gasteiger partial charge in [0, 0.05) is 10.3 Å². The van der Waals surface area contributed by atoms with Crippen LogP contribution in [0.4, 0.5) is 0 Å². The molecule has 1 rings (SSSR count). The van der Waals surface area contributed by atoms with Gasteiger partial charge in [0.1, 0.15) is 6.04 Å². The minimum atomic E-state index is -0.641. The summed E-state index contributed by atoms with van der Waals surface area (Å²) in [4.78, 5) is 24.1. The maximum absolute atomic E-state index is 11.7. The molecule has 0 radical (unpaired) electrons. The van der Waals surface area contributed by atoms with Gasteiger partial charge in [0.15, 0.2) is 0 Å². The van der Waals surface area contributed by atoms with Crippen molar-refractivity contribution in [2.45, 2.75) is 24.8 Å². The summed E-state index contributed by atoms with van der Waals surface area (Å²) in [6.07, 6.45) is 0. The molecule has 0 spiro atoms. The van der Waals surface area contributed by atoms with Crippen LogP contribution in [0, 0.1) is 5.92 Å². The Bertz CT molecular complexity index is 401. The first-order valence-electron chi connectivity index (χ1n) is 4.79. The summed E-state index contributed by atoms with van der Waals surface area (Å²) in [5.41, 5.74) is 5.20. The Morgan fingerprint density at radius 1 is 1.50 bits per heavy atom. The summed E-state index contributed by atoms with van der Waals surface area (Å²) in [5.74, 6) is -0.842. The molecular formula is C10H14N2O2S2. The van der Waals surface area contributed by atoms with Crippen LogP contribution < -0.4 is 11.1 Å². The van der Waals surface area contributed by atoms with Crippen molar-refractivity contribution in [2.24, 2.45) is 11.7 Å². The van der Waals surface area contributed by atoms with E-state index in [4.69, 9.17) is 5.73 Å². The van der Waals surface area contributed by atoms with Gasteiger partial charge in [-0.3, -0.25) is 9.59 Å². The molecule has 16 heavy (non-hydrogen) atoms. The van der Waals surface area contributed by atoms with Gasteiger partial charge in [-0.1, -0.05) is 13.8 Å². The number of carbonyl (C=O) groups excluding carboxylic acids is 2. The molecule has 1 atom stereocenters. The number of primary amides is 1. The monoisotopic (exact) mass is 258 g/mol. The lowest BCUT2D eigenvalue weighted by Gasteiger charge is -2.18.